The fraction of sp³-hybridized carbons (Fsp3) is 0.286. The maximum absolute atomic E-state index is 12.4. The Balaban J connectivity index is 2.77. The van der Waals surface area contributed by atoms with E-state index in [2.05, 4.69) is 25.7 Å². The molecule has 1 unspecified atom stereocenters. The summed E-state index contributed by atoms with van der Waals surface area (Å²) in [4.78, 5) is 3.53. The summed E-state index contributed by atoms with van der Waals surface area (Å²) < 4.78 is 40.4. The normalized spacial score (nSPS) is 13.0. The predicted octanol–water partition coefficient (Wildman–Crippen LogP) is 3.44. The molecule has 0 N–H and O–H groups in total. The quantitative estimate of drug-likeness (QED) is 0.851. The Morgan fingerprint density at radius 2 is 2.07 bits per heavy atom. The Morgan fingerprint density at radius 3 is 2.57 bits per heavy atom. The van der Waals surface area contributed by atoms with Gasteiger partial charge in [-0.3, -0.25) is 0 Å². The van der Waals surface area contributed by atoms with E-state index in [1.807, 2.05) is 0 Å². The maximum atomic E-state index is 12.4. The second-order valence-corrected chi connectivity index (χ2v) is 3.53. The number of rotatable bonds is 3. The second kappa shape index (κ2) is 4.84. The van der Waals surface area contributed by atoms with Crippen molar-refractivity contribution in [1.82, 2.24) is 4.98 Å². The zero-order valence-electron chi connectivity index (χ0n) is 6.55. The predicted molar refractivity (Wildman–Crippen MR) is 48.5 cm³/mol. The van der Waals surface area contributed by atoms with Crippen molar-refractivity contribution in [3.63, 3.8) is 0 Å². The Labute approximate surface area is 91.2 Å². The number of halogens is 5. The van der Waals surface area contributed by atoms with Gasteiger partial charge in [-0.1, -0.05) is 11.6 Å². The fourth-order valence-corrected chi connectivity index (χ4v) is 1.38. The first kappa shape index (κ1) is 11.6. The number of alkyl halides is 3. The van der Waals surface area contributed by atoms with Crippen LogP contribution in [0.2, 0.25) is 5.02 Å². The minimum atomic E-state index is -3.21. The zero-order chi connectivity index (χ0) is 10.7. The molecular weight excluding hydrogens is 286 g/mol. The highest BCUT2D eigenvalue weighted by molar-refractivity contribution is 9.10. The Hall–Kier alpha value is -0.490. The van der Waals surface area contributed by atoms with Crippen molar-refractivity contribution in [1.29, 1.82) is 0 Å². The van der Waals surface area contributed by atoms with Gasteiger partial charge in [0.1, 0.15) is 0 Å². The van der Waals surface area contributed by atoms with Crippen molar-refractivity contribution in [2.24, 2.45) is 0 Å². The molecule has 0 aliphatic rings. The van der Waals surface area contributed by atoms with Crippen molar-refractivity contribution in [3.05, 3.63) is 21.8 Å². The van der Waals surface area contributed by atoms with Gasteiger partial charge in [-0.2, -0.15) is 4.39 Å². The lowest BCUT2D eigenvalue weighted by Gasteiger charge is -2.10. The molecule has 0 aliphatic carbocycles. The van der Waals surface area contributed by atoms with E-state index < -0.39 is 12.8 Å². The number of hydrogen-bond donors (Lipinski definition) is 0. The van der Waals surface area contributed by atoms with Gasteiger partial charge in [-0.15, -0.1) is 0 Å². The summed E-state index contributed by atoms with van der Waals surface area (Å²) in [5.74, 6) is -0.262. The number of pyridine rings is 1. The number of aromatic nitrogens is 1. The van der Waals surface area contributed by atoms with Crippen LogP contribution < -0.4 is 4.74 Å². The summed E-state index contributed by atoms with van der Waals surface area (Å²) >= 11 is 8.47. The van der Waals surface area contributed by atoms with Gasteiger partial charge in [0.05, 0.1) is 9.50 Å². The van der Waals surface area contributed by atoms with E-state index in [1.165, 1.54) is 12.3 Å². The van der Waals surface area contributed by atoms with E-state index >= 15 is 0 Å². The summed E-state index contributed by atoms with van der Waals surface area (Å²) in [6.45, 7) is 0. The van der Waals surface area contributed by atoms with Crippen LogP contribution in [-0.4, -0.2) is 17.8 Å². The minimum Gasteiger partial charge on any atom is -0.436 e. The van der Waals surface area contributed by atoms with Crippen LogP contribution in [0.4, 0.5) is 13.2 Å². The van der Waals surface area contributed by atoms with E-state index in [4.69, 9.17) is 11.6 Å². The van der Waals surface area contributed by atoms with Gasteiger partial charge in [0.2, 0.25) is 5.88 Å². The van der Waals surface area contributed by atoms with Crippen LogP contribution in [0.1, 0.15) is 0 Å². The average molecular weight is 290 g/mol. The molecule has 1 heterocycles. The van der Waals surface area contributed by atoms with E-state index in [0.29, 0.717) is 0 Å². The first-order chi connectivity index (χ1) is 6.50. The van der Waals surface area contributed by atoms with Crippen molar-refractivity contribution >= 4 is 27.5 Å². The largest absolute Gasteiger partial charge is 0.436 e. The van der Waals surface area contributed by atoms with E-state index in [-0.39, 0.29) is 15.4 Å². The second-order valence-electron chi connectivity index (χ2n) is 2.24. The minimum absolute atomic E-state index is 0.216. The van der Waals surface area contributed by atoms with Crippen molar-refractivity contribution in [3.8, 4) is 5.88 Å². The molecule has 1 aromatic rings. The molecule has 1 rings (SSSR count). The number of ether oxygens (including phenoxy) is 1. The highest BCUT2D eigenvalue weighted by Gasteiger charge is 2.22. The third-order valence-electron chi connectivity index (χ3n) is 1.20. The third kappa shape index (κ3) is 3.02. The molecule has 1 atom stereocenters. The van der Waals surface area contributed by atoms with Crippen LogP contribution in [0.25, 0.3) is 0 Å². The lowest BCUT2D eigenvalue weighted by atomic mass is 10.5. The van der Waals surface area contributed by atoms with E-state index in [9.17, 15) is 13.2 Å². The van der Waals surface area contributed by atoms with Gasteiger partial charge in [0.25, 0.3) is 6.36 Å². The molecular formula is C7H4BrClF3NO. The molecule has 0 radical (unpaired) electrons. The van der Waals surface area contributed by atoms with Gasteiger partial charge >= 0.3 is 6.43 Å². The third-order valence-corrected chi connectivity index (χ3v) is 1.97. The molecule has 0 aliphatic heterocycles. The molecule has 78 valence electrons. The lowest BCUT2D eigenvalue weighted by Crippen LogP contribution is -2.20. The summed E-state index contributed by atoms with van der Waals surface area (Å²) in [7, 11) is 0. The molecule has 0 fully saturated rings. The number of nitrogens with zero attached hydrogens (tertiary/aromatic N) is 1. The first-order valence-corrected chi connectivity index (χ1v) is 4.57. The van der Waals surface area contributed by atoms with Crippen LogP contribution in [0.3, 0.4) is 0 Å². The monoisotopic (exact) mass is 289 g/mol. The molecule has 0 amide bonds. The van der Waals surface area contributed by atoms with Crippen molar-refractivity contribution in [2.45, 2.75) is 12.8 Å². The summed E-state index contributed by atoms with van der Waals surface area (Å²) in [6.07, 6.45) is -4.74. The van der Waals surface area contributed by atoms with Crippen LogP contribution in [0.5, 0.6) is 5.88 Å². The molecule has 2 nitrogen and oxygen atoms in total. The van der Waals surface area contributed by atoms with Gasteiger partial charge in [0, 0.05) is 6.20 Å². The smallest absolute Gasteiger partial charge is 0.304 e. The average Bonchev–Trinajstić information content (AvgIpc) is 2.09. The molecule has 7 heteroatoms. The zero-order valence-corrected chi connectivity index (χ0v) is 8.90. The molecule has 0 bridgehead atoms. The van der Waals surface area contributed by atoms with Gasteiger partial charge in [0.15, 0.2) is 0 Å². The van der Waals surface area contributed by atoms with Crippen LogP contribution in [-0.2, 0) is 0 Å². The maximum Gasteiger partial charge on any atom is 0.304 e. The van der Waals surface area contributed by atoms with Crippen molar-refractivity contribution < 1.29 is 17.9 Å². The molecule has 0 saturated heterocycles. The molecule has 1 aromatic heterocycles. The van der Waals surface area contributed by atoms with Gasteiger partial charge in [-0.25, -0.2) is 13.8 Å². The number of hydrogen-bond acceptors (Lipinski definition) is 2. The van der Waals surface area contributed by atoms with Gasteiger partial charge in [-0.05, 0) is 22.0 Å². The highest BCUT2D eigenvalue weighted by atomic mass is 79.9. The van der Waals surface area contributed by atoms with E-state index in [1.54, 1.807) is 0 Å². The Morgan fingerprint density at radius 1 is 1.43 bits per heavy atom. The Bertz CT molecular complexity index is 326. The van der Waals surface area contributed by atoms with Crippen LogP contribution >= 0.6 is 27.5 Å². The van der Waals surface area contributed by atoms with Gasteiger partial charge < -0.3 is 4.74 Å². The van der Waals surface area contributed by atoms with Crippen LogP contribution in [0.15, 0.2) is 16.7 Å². The fourth-order valence-electron chi connectivity index (χ4n) is 0.647. The molecule has 0 saturated carbocycles. The highest BCUT2D eigenvalue weighted by Crippen LogP contribution is 2.26. The lowest BCUT2D eigenvalue weighted by molar-refractivity contribution is -0.0694. The Kier molecular flexibility index (Phi) is 4.00. The van der Waals surface area contributed by atoms with E-state index in [0.717, 1.165) is 0 Å². The molecule has 14 heavy (non-hydrogen) atoms. The SMILES string of the molecule is FC(F)C(F)Oc1ncc(Cl)cc1Br. The molecule has 0 aromatic carbocycles. The topological polar surface area (TPSA) is 22.1 Å². The van der Waals surface area contributed by atoms with Crippen LogP contribution in [0, 0.1) is 0 Å². The standard InChI is InChI=1S/C7H4BrClF3NO/c8-4-1-3(9)2-13-7(4)14-6(12)5(10)11/h1-2,5-6H. The van der Waals surface area contributed by atoms with Crippen molar-refractivity contribution in [2.75, 3.05) is 0 Å². The summed E-state index contributed by atoms with van der Waals surface area (Å²) in [5, 5.41) is 0.289. The first-order valence-electron chi connectivity index (χ1n) is 3.40. The molecule has 0 spiro atoms. The summed E-state index contributed by atoms with van der Waals surface area (Å²) in [5.41, 5.74) is 0. The summed E-state index contributed by atoms with van der Waals surface area (Å²) in [6, 6.07) is 1.36.